The fourth-order valence-corrected chi connectivity index (χ4v) is 3.82. The van der Waals surface area contributed by atoms with Gasteiger partial charge in [0.2, 0.25) is 5.91 Å². The molecule has 1 N–H and O–H groups in total. The summed E-state index contributed by atoms with van der Waals surface area (Å²) in [4.78, 5) is 27.2. The Morgan fingerprint density at radius 2 is 1.68 bits per heavy atom. The maximum absolute atomic E-state index is 12.9. The molecule has 1 unspecified atom stereocenters. The predicted octanol–water partition coefficient (Wildman–Crippen LogP) is 2.81. The Labute approximate surface area is 182 Å². The van der Waals surface area contributed by atoms with Gasteiger partial charge in [0.1, 0.15) is 11.5 Å². The Morgan fingerprint density at radius 1 is 0.935 bits per heavy atom. The summed E-state index contributed by atoms with van der Waals surface area (Å²) >= 11 is 0. The number of nitrogens with one attached hydrogen (secondary N) is 1. The van der Waals surface area contributed by atoms with Gasteiger partial charge in [0.05, 0.1) is 41.0 Å². The fraction of sp³-hybridized carbons (Fsp3) is 0.391. The number of nitrogens with zero attached hydrogens (tertiary/aromatic N) is 1. The van der Waals surface area contributed by atoms with Gasteiger partial charge in [0.25, 0.3) is 5.91 Å². The van der Waals surface area contributed by atoms with E-state index in [4.69, 9.17) is 18.9 Å². The zero-order valence-electron chi connectivity index (χ0n) is 18.3. The summed E-state index contributed by atoms with van der Waals surface area (Å²) in [5.41, 5.74) is 1.32. The summed E-state index contributed by atoms with van der Waals surface area (Å²) in [7, 11) is 6.23. The summed E-state index contributed by atoms with van der Waals surface area (Å²) in [5, 5.41) is 2.71. The van der Waals surface area contributed by atoms with Gasteiger partial charge in [-0.1, -0.05) is 0 Å². The van der Waals surface area contributed by atoms with Crippen LogP contribution in [-0.2, 0) is 4.79 Å². The molecule has 1 aliphatic rings. The molecule has 2 amide bonds. The third-order valence-electron chi connectivity index (χ3n) is 5.42. The van der Waals surface area contributed by atoms with E-state index < -0.39 is 0 Å². The van der Waals surface area contributed by atoms with Crippen molar-refractivity contribution in [2.45, 2.75) is 18.9 Å². The van der Waals surface area contributed by atoms with E-state index in [1.165, 1.54) is 14.2 Å². The van der Waals surface area contributed by atoms with E-state index in [1.807, 2.05) is 18.2 Å². The largest absolute Gasteiger partial charge is 0.497 e. The van der Waals surface area contributed by atoms with Crippen LogP contribution in [0.15, 0.2) is 36.4 Å². The van der Waals surface area contributed by atoms with Crippen molar-refractivity contribution in [1.29, 1.82) is 0 Å². The highest BCUT2D eigenvalue weighted by molar-refractivity contribution is 5.97. The summed E-state index contributed by atoms with van der Waals surface area (Å²) in [6, 6.07) is 10.4. The third kappa shape index (κ3) is 4.84. The predicted molar refractivity (Wildman–Crippen MR) is 115 cm³/mol. The highest BCUT2D eigenvalue weighted by Crippen LogP contribution is 2.38. The van der Waals surface area contributed by atoms with Crippen molar-refractivity contribution in [3.05, 3.63) is 47.5 Å². The molecule has 1 atom stereocenters. The normalized spacial score (nSPS) is 15.4. The third-order valence-corrected chi connectivity index (χ3v) is 5.42. The van der Waals surface area contributed by atoms with E-state index in [-0.39, 0.29) is 24.4 Å². The SMILES string of the molecule is COc1ccc(C2CCCN2C(=O)CNC(=O)c2ccc(OC)c(OC)c2)c(OC)c1. The maximum Gasteiger partial charge on any atom is 0.251 e. The Hall–Kier alpha value is -3.42. The summed E-state index contributed by atoms with van der Waals surface area (Å²) in [6.07, 6.45) is 1.72. The van der Waals surface area contributed by atoms with E-state index in [0.717, 1.165) is 18.4 Å². The number of hydrogen-bond acceptors (Lipinski definition) is 6. The van der Waals surface area contributed by atoms with Crippen molar-refractivity contribution < 1.29 is 28.5 Å². The number of hydrogen-bond donors (Lipinski definition) is 1. The van der Waals surface area contributed by atoms with Gasteiger partial charge in [-0.3, -0.25) is 9.59 Å². The van der Waals surface area contributed by atoms with E-state index in [2.05, 4.69) is 5.32 Å². The minimum Gasteiger partial charge on any atom is -0.497 e. The van der Waals surface area contributed by atoms with Crippen LogP contribution in [0.2, 0.25) is 0 Å². The first-order valence-corrected chi connectivity index (χ1v) is 10.0. The molecular formula is C23H28N2O6. The summed E-state index contributed by atoms with van der Waals surface area (Å²) in [6.45, 7) is 0.535. The first kappa shape index (κ1) is 22.3. The average Bonchev–Trinajstić information content (AvgIpc) is 3.31. The van der Waals surface area contributed by atoms with Crippen molar-refractivity contribution in [3.63, 3.8) is 0 Å². The zero-order chi connectivity index (χ0) is 22.4. The fourth-order valence-electron chi connectivity index (χ4n) is 3.82. The first-order valence-electron chi connectivity index (χ1n) is 10.0. The lowest BCUT2D eigenvalue weighted by molar-refractivity contribution is -0.131. The molecule has 8 nitrogen and oxygen atoms in total. The minimum atomic E-state index is -0.355. The number of rotatable bonds is 8. The van der Waals surface area contributed by atoms with E-state index in [0.29, 0.717) is 35.1 Å². The standard InChI is InChI=1S/C23H28N2O6/c1-28-16-8-9-17(20(13-16)30-3)18-6-5-11-25(18)22(26)14-24-23(27)15-7-10-19(29-2)21(12-15)31-4/h7-10,12-13,18H,5-6,11,14H2,1-4H3,(H,24,27). The monoisotopic (exact) mass is 428 g/mol. The van der Waals surface area contributed by atoms with Crippen LogP contribution in [0.4, 0.5) is 0 Å². The lowest BCUT2D eigenvalue weighted by atomic mass is 10.0. The number of carbonyl (C=O) groups is 2. The molecule has 8 heteroatoms. The molecular weight excluding hydrogens is 400 g/mol. The van der Waals surface area contributed by atoms with Gasteiger partial charge in [0, 0.05) is 23.7 Å². The van der Waals surface area contributed by atoms with Gasteiger partial charge in [-0.05, 0) is 43.2 Å². The van der Waals surface area contributed by atoms with Gasteiger partial charge in [0.15, 0.2) is 11.5 Å². The second-order valence-corrected chi connectivity index (χ2v) is 7.11. The summed E-state index contributed by atoms with van der Waals surface area (Å²) in [5.74, 6) is 1.86. The molecule has 1 fully saturated rings. The van der Waals surface area contributed by atoms with Crippen LogP contribution < -0.4 is 24.3 Å². The minimum absolute atomic E-state index is 0.0951. The summed E-state index contributed by atoms with van der Waals surface area (Å²) < 4.78 is 21.2. The molecule has 0 bridgehead atoms. The zero-order valence-corrected chi connectivity index (χ0v) is 18.3. The maximum atomic E-state index is 12.9. The van der Waals surface area contributed by atoms with Crippen LogP contribution in [0.25, 0.3) is 0 Å². The highest BCUT2D eigenvalue weighted by atomic mass is 16.5. The Balaban J connectivity index is 1.68. The number of likely N-dealkylation sites (tertiary alicyclic amines) is 1. The Kier molecular flexibility index (Phi) is 7.23. The second kappa shape index (κ2) is 10.1. The molecule has 0 radical (unpaired) electrons. The second-order valence-electron chi connectivity index (χ2n) is 7.11. The Morgan fingerprint density at radius 3 is 2.35 bits per heavy atom. The Bertz CT molecular complexity index is 946. The van der Waals surface area contributed by atoms with Crippen molar-refractivity contribution in [2.75, 3.05) is 41.5 Å². The van der Waals surface area contributed by atoms with Gasteiger partial charge in [-0.25, -0.2) is 0 Å². The molecule has 3 rings (SSSR count). The molecule has 2 aromatic rings. The van der Waals surface area contributed by atoms with Crippen LogP contribution in [0, 0.1) is 0 Å². The van der Waals surface area contributed by atoms with Crippen molar-refractivity contribution in [3.8, 4) is 23.0 Å². The molecule has 1 saturated heterocycles. The number of benzene rings is 2. The molecule has 2 aromatic carbocycles. The van der Waals surface area contributed by atoms with Crippen molar-refractivity contribution in [2.24, 2.45) is 0 Å². The first-order chi connectivity index (χ1) is 15.0. The van der Waals surface area contributed by atoms with E-state index in [1.54, 1.807) is 37.3 Å². The molecule has 31 heavy (non-hydrogen) atoms. The van der Waals surface area contributed by atoms with Crippen LogP contribution in [-0.4, -0.2) is 58.2 Å². The highest BCUT2D eigenvalue weighted by Gasteiger charge is 2.32. The average molecular weight is 428 g/mol. The molecule has 166 valence electrons. The van der Waals surface area contributed by atoms with Gasteiger partial charge in [-0.15, -0.1) is 0 Å². The van der Waals surface area contributed by atoms with E-state index >= 15 is 0 Å². The molecule has 1 aliphatic heterocycles. The van der Waals surface area contributed by atoms with Crippen molar-refractivity contribution >= 4 is 11.8 Å². The quantitative estimate of drug-likeness (QED) is 0.696. The van der Waals surface area contributed by atoms with E-state index in [9.17, 15) is 9.59 Å². The number of ether oxygens (including phenoxy) is 4. The topological polar surface area (TPSA) is 86.3 Å². The lowest BCUT2D eigenvalue weighted by Crippen LogP contribution is -2.39. The number of methoxy groups -OCH3 is 4. The van der Waals surface area contributed by atoms with Gasteiger partial charge in [-0.2, -0.15) is 0 Å². The van der Waals surface area contributed by atoms with Gasteiger partial charge >= 0.3 is 0 Å². The smallest absolute Gasteiger partial charge is 0.251 e. The van der Waals surface area contributed by atoms with Crippen LogP contribution in [0.5, 0.6) is 23.0 Å². The van der Waals surface area contributed by atoms with Crippen molar-refractivity contribution in [1.82, 2.24) is 10.2 Å². The van der Waals surface area contributed by atoms with Crippen LogP contribution in [0.3, 0.4) is 0 Å². The van der Waals surface area contributed by atoms with Crippen LogP contribution in [0.1, 0.15) is 34.8 Å². The molecule has 1 heterocycles. The molecule has 0 spiro atoms. The molecule has 0 aliphatic carbocycles. The van der Waals surface area contributed by atoms with Crippen LogP contribution >= 0.6 is 0 Å². The van der Waals surface area contributed by atoms with Gasteiger partial charge < -0.3 is 29.2 Å². The molecule has 0 saturated carbocycles. The number of amides is 2. The molecule has 0 aromatic heterocycles. The lowest BCUT2D eigenvalue weighted by Gasteiger charge is -2.26. The number of carbonyl (C=O) groups excluding carboxylic acids is 2.